The average molecular weight is 570 g/mol. The molecule has 0 saturated heterocycles. The molecule has 4 N–H and O–H groups in total. The fourth-order valence-corrected chi connectivity index (χ4v) is 5.66. The van der Waals surface area contributed by atoms with Crippen LogP contribution in [0.3, 0.4) is 0 Å². The normalized spacial score (nSPS) is 12.2. The Hall–Kier alpha value is -2.51. The predicted molar refractivity (Wildman–Crippen MR) is 170 cm³/mol. The molecule has 2 aromatic rings. The number of phenols is 1. The maximum absolute atomic E-state index is 13.4. The first kappa shape index (κ1) is 33.7. The third kappa shape index (κ3) is 10.8. The van der Waals surface area contributed by atoms with Crippen molar-refractivity contribution in [2.45, 2.75) is 117 Å². The lowest BCUT2D eigenvalue weighted by Crippen LogP contribution is -2.50. The summed E-state index contributed by atoms with van der Waals surface area (Å²) in [5.41, 5.74) is 9.40. The van der Waals surface area contributed by atoms with Crippen LogP contribution in [0.4, 0.5) is 5.69 Å². The fourth-order valence-electron chi connectivity index (χ4n) is 4.62. The third-order valence-electron chi connectivity index (χ3n) is 7.55. The number of hydrogen-bond acceptors (Lipinski definition) is 5. The van der Waals surface area contributed by atoms with Gasteiger partial charge in [-0.1, -0.05) is 95.0 Å². The highest BCUT2D eigenvalue weighted by atomic mass is 32.2. The number of rotatable bonds is 18. The first-order valence-electron chi connectivity index (χ1n) is 14.9. The van der Waals surface area contributed by atoms with Crippen LogP contribution in [0.1, 0.15) is 113 Å². The van der Waals surface area contributed by atoms with Gasteiger partial charge in [0.2, 0.25) is 11.8 Å². The van der Waals surface area contributed by atoms with Crippen molar-refractivity contribution >= 4 is 29.3 Å². The van der Waals surface area contributed by atoms with Crippen LogP contribution in [0, 0.1) is 20.8 Å². The van der Waals surface area contributed by atoms with E-state index in [-0.39, 0.29) is 17.6 Å². The first-order chi connectivity index (χ1) is 19.1. The van der Waals surface area contributed by atoms with Crippen LogP contribution >= 0.6 is 11.8 Å². The standard InChI is InChI=1S/C33H51N3O3S/c1-7-8-9-10-11-12-13-14-15-19-22-40-33(5,6)32(39)36-35-29(27-20-17-16-18-21-27)31(38)34-28-23-24(2)30(37)26(4)25(28)3/h16-18,20-21,23,29,35,37H,7-15,19,22H2,1-6H3,(H,34,38)(H,36,39). The van der Waals surface area contributed by atoms with Gasteiger partial charge in [0.05, 0.1) is 4.75 Å². The van der Waals surface area contributed by atoms with Crippen LogP contribution in [0.15, 0.2) is 36.4 Å². The molecular formula is C33H51N3O3S. The van der Waals surface area contributed by atoms with Crippen LogP contribution in [0.25, 0.3) is 0 Å². The number of carbonyl (C=O) groups is 2. The minimum atomic E-state index is -0.790. The molecule has 0 aromatic heterocycles. The quantitative estimate of drug-likeness (QED) is 0.0828. The molecule has 0 aliphatic rings. The predicted octanol–water partition coefficient (Wildman–Crippen LogP) is 8.05. The summed E-state index contributed by atoms with van der Waals surface area (Å²) >= 11 is 1.65. The Morgan fingerprint density at radius 2 is 1.45 bits per heavy atom. The van der Waals surface area contributed by atoms with Gasteiger partial charge in [0.1, 0.15) is 11.8 Å². The van der Waals surface area contributed by atoms with Crippen molar-refractivity contribution < 1.29 is 14.7 Å². The van der Waals surface area contributed by atoms with E-state index in [2.05, 4.69) is 23.1 Å². The van der Waals surface area contributed by atoms with Gasteiger partial charge < -0.3 is 10.4 Å². The molecule has 0 fully saturated rings. The smallest absolute Gasteiger partial charge is 0.249 e. The van der Waals surface area contributed by atoms with E-state index in [1.54, 1.807) is 24.8 Å². The molecule has 2 aromatic carbocycles. The molecular weight excluding hydrogens is 518 g/mol. The highest BCUT2D eigenvalue weighted by molar-refractivity contribution is 8.01. The number of hydrazine groups is 1. The zero-order valence-corrected chi connectivity index (χ0v) is 26.3. The third-order valence-corrected chi connectivity index (χ3v) is 8.95. The van der Waals surface area contributed by atoms with Gasteiger partial charge in [-0.25, -0.2) is 5.43 Å². The molecule has 0 bridgehead atoms. The Bertz CT molecular complexity index is 1070. The molecule has 0 aliphatic carbocycles. The van der Waals surface area contributed by atoms with Crippen molar-refractivity contribution in [3.8, 4) is 5.75 Å². The van der Waals surface area contributed by atoms with Crippen LogP contribution in [-0.4, -0.2) is 27.4 Å². The SMILES string of the molecule is CCCCCCCCCCCCSC(C)(C)C(=O)NNC(C(=O)Nc1cc(C)c(O)c(C)c1C)c1ccccc1. The Kier molecular flexibility index (Phi) is 14.6. The van der Waals surface area contributed by atoms with Gasteiger partial charge >= 0.3 is 0 Å². The molecule has 2 rings (SSSR count). The van der Waals surface area contributed by atoms with Gasteiger partial charge in [-0.2, -0.15) is 0 Å². The summed E-state index contributed by atoms with van der Waals surface area (Å²) < 4.78 is -0.633. The molecule has 40 heavy (non-hydrogen) atoms. The Balaban J connectivity index is 1.88. The highest BCUT2D eigenvalue weighted by Gasteiger charge is 2.30. The lowest BCUT2D eigenvalue weighted by Gasteiger charge is -2.26. The monoisotopic (exact) mass is 569 g/mol. The number of amides is 2. The summed E-state index contributed by atoms with van der Waals surface area (Å²) in [4.78, 5) is 26.5. The topological polar surface area (TPSA) is 90.5 Å². The Morgan fingerprint density at radius 1 is 0.875 bits per heavy atom. The Morgan fingerprint density at radius 3 is 2.05 bits per heavy atom. The van der Waals surface area contributed by atoms with Crippen LogP contribution in [-0.2, 0) is 9.59 Å². The van der Waals surface area contributed by atoms with Gasteiger partial charge in [-0.05, 0) is 75.1 Å². The van der Waals surface area contributed by atoms with Crippen molar-refractivity contribution in [1.82, 2.24) is 10.9 Å². The minimum absolute atomic E-state index is 0.161. The van der Waals surface area contributed by atoms with Gasteiger partial charge in [0, 0.05) is 5.69 Å². The van der Waals surface area contributed by atoms with E-state index < -0.39 is 10.8 Å². The van der Waals surface area contributed by atoms with Crippen molar-refractivity contribution in [3.63, 3.8) is 0 Å². The van der Waals surface area contributed by atoms with Crippen LogP contribution in [0.2, 0.25) is 0 Å². The summed E-state index contributed by atoms with van der Waals surface area (Å²) in [5, 5.41) is 13.2. The molecule has 7 heteroatoms. The van der Waals surface area contributed by atoms with Gasteiger partial charge in [-0.15, -0.1) is 11.8 Å². The number of thioether (sulfide) groups is 1. The fraction of sp³-hybridized carbons (Fsp3) is 0.576. The van der Waals surface area contributed by atoms with Gasteiger partial charge in [0.15, 0.2) is 0 Å². The molecule has 0 radical (unpaired) electrons. The van der Waals surface area contributed by atoms with Gasteiger partial charge in [-0.3, -0.25) is 15.0 Å². The Labute approximate surface area is 246 Å². The summed E-state index contributed by atoms with van der Waals surface area (Å²) in [6.45, 7) is 11.6. The highest BCUT2D eigenvalue weighted by Crippen LogP contribution is 2.31. The van der Waals surface area contributed by atoms with Gasteiger partial charge in [0.25, 0.3) is 0 Å². The molecule has 1 unspecified atom stereocenters. The maximum atomic E-state index is 13.4. The van der Waals surface area contributed by atoms with E-state index >= 15 is 0 Å². The van der Waals surface area contributed by atoms with E-state index in [1.807, 2.05) is 58.0 Å². The van der Waals surface area contributed by atoms with Crippen molar-refractivity contribution in [2.75, 3.05) is 11.1 Å². The molecule has 2 amide bonds. The molecule has 0 spiro atoms. The molecule has 6 nitrogen and oxygen atoms in total. The molecule has 0 heterocycles. The zero-order chi connectivity index (χ0) is 29.5. The number of carbonyl (C=O) groups excluding carboxylic acids is 2. The number of aromatic hydroxyl groups is 1. The van der Waals surface area contributed by atoms with Crippen LogP contribution in [0.5, 0.6) is 5.75 Å². The summed E-state index contributed by atoms with van der Waals surface area (Å²) in [6.07, 6.45) is 12.9. The van der Waals surface area contributed by atoms with Crippen LogP contribution < -0.4 is 16.2 Å². The number of phenolic OH excluding ortho intramolecular Hbond substituents is 1. The number of unbranched alkanes of at least 4 members (excludes halogenated alkanes) is 9. The second-order valence-electron chi connectivity index (χ2n) is 11.3. The summed E-state index contributed by atoms with van der Waals surface area (Å²) in [5.74, 6) is 0.706. The number of aryl methyl sites for hydroxylation is 1. The second kappa shape index (κ2) is 17.3. The molecule has 0 saturated carbocycles. The number of hydrogen-bond donors (Lipinski definition) is 4. The minimum Gasteiger partial charge on any atom is -0.507 e. The van der Waals surface area contributed by atoms with E-state index in [9.17, 15) is 14.7 Å². The van der Waals surface area contributed by atoms with Crippen molar-refractivity contribution in [2.24, 2.45) is 0 Å². The summed E-state index contributed by atoms with van der Waals surface area (Å²) in [7, 11) is 0. The average Bonchev–Trinajstić information content (AvgIpc) is 2.94. The first-order valence-corrected chi connectivity index (χ1v) is 15.9. The number of anilines is 1. The summed E-state index contributed by atoms with van der Waals surface area (Å²) in [6, 6.07) is 10.3. The molecule has 1 atom stereocenters. The molecule has 0 aliphatic heterocycles. The van der Waals surface area contributed by atoms with E-state index in [0.717, 1.165) is 28.9 Å². The van der Waals surface area contributed by atoms with E-state index in [4.69, 9.17) is 0 Å². The second-order valence-corrected chi connectivity index (χ2v) is 13.0. The van der Waals surface area contributed by atoms with Crippen molar-refractivity contribution in [3.05, 3.63) is 58.7 Å². The largest absolute Gasteiger partial charge is 0.507 e. The van der Waals surface area contributed by atoms with Crippen molar-refractivity contribution in [1.29, 1.82) is 0 Å². The van der Waals surface area contributed by atoms with E-state index in [1.165, 1.54) is 57.8 Å². The van der Waals surface area contributed by atoms with E-state index in [0.29, 0.717) is 11.3 Å². The zero-order valence-electron chi connectivity index (χ0n) is 25.5. The molecule has 222 valence electrons. The number of benzene rings is 2. The number of nitrogens with one attached hydrogen (secondary N) is 3. The lowest BCUT2D eigenvalue weighted by atomic mass is 10.0. The lowest BCUT2D eigenvalue weighted by molar-refractivity contribution is -0.124. The maximum Gasteiger partial charge on any atom is 0.249 e.